The summed E-state index contributed by atoms with van der Waals surface area (Å²) in [6.07, 6.45) is 2.66. The van der Waals surface area contributed by atoms with Gasteiger partial charge in [0, 0.05) is 26.1 Å². The van der Waals surface area contributed by atoms with Crippen molar-refractivity contribution in [2.24, 2.45) is 0 Å². The van der Waals surface area contributed by atoms with E-state index in [2.05, 4.69) is 19.6 Å². The first-order valence-corrected chi connectivity index (χ1v) is 10.3. The zero-order valence-electron chi connectivity index (χ0n) is 14.8. The molecule has 2 aromatic carbocycles. The molecule has 1 heterocycles. The number of benzene rings is 2. The van der Waals surface area contributed by atoms with Gasteiger partial charge < -0.3 is 9.88 Å². The smallest absolute Gasteiger partial charge is 0.240 e. The Labute approximate surface area is 158 Å². The summed E-state index contributed by atoms with van der Waals surface area (Å²) in [4.78, 5) is 16.4. The lowest BCUT2D eigenvalue weighted by molar-refractivity contribution is -0.120. The highest BCUT2D eigenvalue weighted by atomic mass is 32.2. The average Bonchev–Trinajstić information content (AvgIpc) is 3.09. The van der Waals surface area contributed by atoms with E-state index in [9.17, 15) is 13.2 Å². The van der Waals surface area contributed by atoms with Crippen molar-refractivity contribution in [3.05, 3.63) is 60.9 Å². The van der Waals surface area contributed by atoms with Crippen LogP contribution < -0.4 is 10.0 Å². The van der Waals surface area contributed by atoms with Gasteiger partial charge in [-0.15, -0.1) is 0 Å². The Morgan fingerprint density at radius 2 is 1.74 bits per heavy atom. The quantitative estimate of drug-likeness (QED) is 0.550. The van der Waals surface area contributed by atoms with E-state index in [0.29, 0.717) is 6.54 Å². The maximum Gasteiger partial charge on any atom is 0.240 e. The van der Waals surface area contributed by atoms with Crippen LogP contribution in [0, 0.1) is 0 Å². The summed E-state index contributed by atoms with van der Waals surface area (Å²) in [6.45, 7) is 1.34. The van der Waals surface area contributed by atoms with E-state index in [1.165, 1.54) is 12.1 Å². The van der Waals surface area contributed by atoms with Crippen molar-refractivity contribution in [1.29, 1.82) is 0 Å². The minimum absolute atomic E-state index is 0.0647. The predicted octanol–water partition coefficient (Wildman–Crippen LogP) is 1.91. The minimum Gasteiger partial charge on any atom is -0.356 e. The molecule has 0 spiro atoms. The minimum atomic E-state index is -3.57. The predicted molar refractivity (Wildman–Crippen MR) is 104 cm³/mol. The van der Waals surface area contributed by atoms with Gasteiger partial charge in [0.15, 0.2) is 0 Å². The number of fused-ring (bicyclic) bond motifs is 1. The fourth-order valence-electron chi connectivity index (χ4n) is 2.74. The molecule has 1 amide bonds. The van der Waals surface area contributed by atoms with Crippen molar-refractivity contribution in [1.82, 2.24) is 19.6 Å². The number of hydrogen-bond donors (Lipinski definition) is 2. The first-order valence-electron chi connectivity index (χ1n) is 8.77. The number of carbonyl (C=O) groups excluding carboxylic acids is 1. The highest BCUT2D eigenvalue weighted by Gasteiger charge is 2.13. The molecule has 0 radical (unpaired) electrons. The van der Waals surface area contributed by atoms with Gasteiger partial charge in [0.2, 0.25) is 15.9 Å². The van der Waals surface area contributed by atoms with E-state index < -0.39 is 10.0 Å². The SMILES string of the molecule is O=C(CCNS(=O)(=O)c1ccccc1)NCCCn1cnc2ccccc21. The molecule has 7 nitrogen and oxygen atoms in total. The maximum atomic E-state index is 12.1. The summed E-state index contributed by atoms with van der Waals surface area (Å²) >= 11 is 0. The van der Waals surface area contributed by atoms with Crippen LogP contribution in [0.5, 0.6) is 0 Å². The van der Waals surface area contributed by atoms with Gasteiger partial charge in [-0.3, -0.25) is 4.79 Å². The zero-order chi connectivity index (χ0) is 19.1. The molecular weight excluding hydrogens is 364 g/mol. The second-order valence-electron chi connectivity index (χ2n) is 6.09. The number of sulfonamides is 1. The molecule has 0 saturated heterocycles. The number of amides is 1. The monoisotopic (exact) mass is 386 g/mol. The van der Waals surface area contributed by atoms with Crippen LogP contribution in [0.25, 0.3) is 11.0 Å². The number of para-hydroxylation sites is 2. The van der Waals surface area contributed by atoms with Crippen LogP contribution in [0.15, 0.2) is 65.8 Å². The molecule has 1 aromatic heterocycles. The molecule has 3 rings (SSSR count). The maximum absolute atomic E-state index is 12.1. The Kier molecular flexibility index (Phi) is 6.20. The van der Waals surface area contributed by atoms with Gasteiger partial charge in [0.1, 0.15) is 0 Å². The van der Waals surface area contributed by atoms with Gasteiger partial charge in [-0.2, -0.15) is 0 Å². The second kappa shape index (κ2) is 8.79. The molecule has 0 aliphatic rings. The Hall–Kier alpha value is -2.71. The normalized spacial score (nSPS) is 11.6. The van der Waals surface area contributed by atoms with E-state index >= 15 is 0 Å². The van der Waals surface area contributed by atoms with Crippen LogP contribution in [0.1, 0.15) is 12.8 Å². The van der Waals surface area contributed by atoms with E-state index in [0.717, 1.165) is 24.0 Å². The summed E-state index contributed by atoms with van der Waals surface area (Å²) < 4.78 is 28.6. The molecule has 0 atom stereocenters. The molecule has 0 aliphatic heterocycles. The van der Waals surface area contributed by atoms with E-state index in [4.69, 9.17) is 0 Å². The topological polar surface area (TPSA) is 93.1 Å². The van der Waals surface area contributed by atoms with Crippen molar-refractivity contribution < 1.29 is 13.2 Å². The number of aryl methyl sites for hydroxylation is 1. The van der Waals surface area contributed by atoms with Crippen LogP contribution in [-0.4, -0.2) is 37.0 Å². The van der Waals surface area contributed by atoms with Gasteiger partial charge in [-0.25, -0.2) is 18.1 Å². The van der Waals surface area contributed by atoms with Crippen LogP contribution in [-0.2, 0) is 21.4 Å². The first-order chi connectivity index (χ1) is 13.1. The molecule has 0 unspecified atom stereocenters. The third kappa shape index (κ3) is 5.15. The van der Waals surface area contributed by atoms with E-state index in [1.54, 1.807) is 24.5 Å². The lowest BCUT2D eigenvalue weighted by Gasteiger charge is -2.08. The van der Waals surface area contributed by atoms with Gasteiger partial charge >= 0.3 is 0 Å². The molecule has 142 valence electrons. The lowest BCUT2D eigenvalue weighted by Crippen LogP contribution is -2.31. The summed E-state index contributed by atoms with van der Waals surface area (Å²) in [5, 5.41) is 2.81. The number of carbonyl (C=O) groups is 1. The summed E-state index contributed by atoms with van der Waals surface area (Å²) in [7, 11) is -3.57. The lowest BCUT2D eigenvalue weighted by atomic mass is 10.3. The second-order valence-corrected chi connectivity index (χ2v) is 7.86. The zero-order valence-corrected chi connectivity index (χ0v) is 15.7. The van der Waals surface area contributed by atoms with E-state index in [1.807, 2.05) is 24.3 Å². The number of rotatable bonds is 9. The van der Waals surface area contributed by atoms with Crippen molar-refractivity contribution >= 4 is 27.0 Å². The third-order valence-electron chi connectivity index (χ3n) is 4.12. The van der Waals surface area contributed by atoms with Gasteiger partial charge in [0.25, 0.3) is 0 Å². The van der Waals surface area contributed by atoms with E-state index in [-0.39, 0.29) is 23.8 Å². The molecule has 0 bridgehead atoms. The van der Waals surface area contributed by atoms with Gasteiger partial charge in [0.05, 0.1) is 22.3 Å². The summed E-state index contributed by atoms with van der Waals surface area (Å²) in [5.41, 5.74) is 2.02. The number of imidazole rings is 1. The number of aromatic nitrogens is 2. The Balaban J connectivity index is 1.36. The molecule has 0 saturated carbocycles. The first kappa shape index (κ1) is 19.1. The van der Waals surface area contributed by atoms with Crippen molar-refractivity contribution in [3.63, 3.8) is 0 Å². The Morgan fingerprint density at radius 3 is 2.56 bits per heavy atom. The standard InChI is InChI=1S/C19H22N4O3S/c24-19(11-13-22-27(25,26)16-7-2-1-3-8-16)20-12-6-14-23-15-21-17-9-4-5-10-18(17)23/h1-5,7-10,15,22H,6,11-14H2,(H,20,24). The third-order valence-corrected chi connectivity index (χ3v) is 5.60. The fourth-order valence-corrected chi connectivity index (χ4v) is 3.79. The molecule has 2 N–H and O–H groups in total. The number of nitrogens with zero attached hydrogens (tertiary/aromatic N) is 2. The summed E-state index contributed by atoms with van der Waals surface area (Å²) in [6, 6.07) is 16.0. The van der Waals surface area contributed by atoms with Crippen molar-refractivity contribution in [2.75, 3.05) is 13.1 Å². The highest BCUT2D eigenvalue weighted by molar-refractivity contribution is 7.89. The highest BCUT2D eigenvalue weighted by Crippen LogP contribution is 2.11. The molecule has 8 heteroatoms. The van der Waals surface area contributed by atoms with Gasteiger partial charge in [-0.1, -0.05) is 30.3 Å². The van der Waals surface area contributed by atoms with Crippen LogP contribution in [0.2, 0.25) is 0 Å². The molecule has 27 heavy (non-hydrogen) atoms. The van der Waals surface area contributed by atoms with Crippen LogP contribution >= 0.6 is 0 Å². The number of nitrogens with one attached hydrogen (secondary N) is 2. The Morgan fingerprint density at radius 1 is 1.00 bits per heavy atom. The Bertz CT molecular complexity index is 1000. The van der Waals surface area contributed by atoms with Crippen molar-refractivity contribution in [2.45, 2.75) is 24.3 Å². The molecule has 0 fully saturated rings. The van der Waals surface area contributed by atoms with Gasteiger partial charge in [-0.05, 0) is 30.7 Å². The van der Waals surface area contributed by atoms with Crippen LogP contribution in [0.3, 0.4) is 0 Å². The average molecular weight is 386 g/mol. The molecule has 0 aliphatic carbocycles. The molecule has 3 aromatic rings. The van der Waals surface area contributed by atoms with Crippen LogP contribution in [0.4, 0.5) is 0 Å². The van der Waals surface area contributed by atoms with Crippen molar-refractivity contribution in [3.8, 4) is 0 Å². The number of hydrogen-bond acceptors (Lipinski definition) is 4. The largest absolute Gasteiger partial charge is 0.356 e. The summed E-state index contributed by atoms with van der Waals surface area (Å²) in [5.74, 6) is -0.179. The fraction of sp³-hybridized carbons (Fsp3) is 0.263. The molecular formula is C19H22N4O3S.